The molecule has 0 spiro atoms. The molecular weight excluding hydrogens is 366 g/mol. The summed E-state index contributed by atoms with van der Waals surface area (Å²) in [6.07, 6.45) is 1.49. The Kier molecular flexibility index (Phi) is 7.00. The summed E-state index contributed by atoms with van der Waals surface area (Å²) in [7, 11) is 0. The lowest BCUT2D eigenvalue weighted by atomic mass is 9.95. The normalized spacial score (nSPS) is 15.4. The Morgan fingerprint density at radius 2 is 1.55 bits per heavy atom. The fourth-order valence-corrected chi connectivity index (χ4v) is 3.64. The van der Waals surface area contributed by atoms with Crippen LogP contribution in [0.2, 0.25) is 0 Å². The molecule has 2 aromatic carbocycles. The second-order valence-electron chi connectivity index (χ2n) is 7.38. The van der Waals surface area contributed by atoms with Gasteiger partial charge in [-0.1, -0.05) is 48.5 Å². The predicted molar refractivity (Wildman–Crippen MR) is 112 cm³/mol. The van der Waals surface area contributed by atoms with E-state index in [0.29, 0.717) is 25.9 Å². The number of amides is 3. The lowest BCUT2D eigenvalue weighted by Gasteiger charge is -2.32. The smallest absolute Gasteiger partial charge is 0.227 e. The van der Waals surface area contributed by atoms with Crippen molar-refractivity contribution in [2.75, 3.05) is 18.4 Å². The van der Waals surface area contributed by atoms with E-state index in [-0.39, 0.29) is 36.1 Å². The molecule has 152 valence electrons. The van der Waals surface area contributed by atoms with Gasteiger partial charge in [-0.05, 0) is 30.5 Å². The van der Waals surface area contributed by atoms with Crippen LogP contribution in [0.1, 0.15) is 37.8 Å². The highest BCUT2D eigenvalue weighted by Crippen LogP contribution is 2.23. The third kappa shape index (κ3) is 5.91. The molecular formula is C23H27N3O3. The molecule has 3 amide bonds. The van der Waals surface area contributed by atoms with Gasteiger partial charge in [0.1, 0.15) is 0 Å². The number of hydrogen-bond acceptors (Lipinski definition) is 3. The molecule has 2 aromatic rings. The SMILES string of the molecule is CC(=O)N[C@@H](CC(=O)N1CCC(C(=O)Nc2ccccc2)CC1)c1ccccc1. The van der Waals surface area contributed by atoms with Gasteiger partial charge in [-0.15, -0.1) is 0 Å². The van der Waals surface area contributed by atoms with Crippen LogP contribution >= 0.6 is 0 Å². The molecule has 1 heterocycles. The van der Waals surface area contributed by atoms with Gasteiger partial charge in [-0.25, -0.2) is 0 Å². The summed E-state index contributed by atoms with van der Waals surface area (Å²) >= 11 is 0. The molecule has 0 aliphatic carbocycles. The lowest BCUT2D eigenvalue weighted by molar-refractivity contribution is -0.135. The van der Waals surface area contributed by atoms with Crippen LogP contribution < -0.4 is 10.6 Å². The van der Waals surface area contributed by atoms with Crippen molar-refractivity contribution in [1.29, 1.82) is 0 Å². The Morgan fingerprint density at radius 1 is 0.966 bits per heavy atom. The number of benzene rings is 2. The zero-order chi connectivity index (χ0) is 20.6. The first-order valence-electron chi connectivity index (χ1n) is 9.98. The number of hydrogen-bond donors (Lipinski definition) is 2. The molecule has 1 aliphatic heterocycles. The van der Waals surface area contributed by atoms with Gasteiger partial charge >= 0.3 is 0 Å². The number of likely N-dealkylation sites (tertiary alicyclic amines) is 1. The second-order valence-corrected chi connectivity index (χ2v) is 7.38. The minimum Gasteiger partial charge on any atom is -0.349 e. The Balaban J connectivity index is 1.53. The van der Waals surface area contributed by atoms with E-state index < -0.39 is 0 Å². The van der Waals surface area contributed by atoms with Crippen molar-refractivity contribution in [1.82, 2.24) is 10.2 Å². The first-order chi connectivity index (χ1) is 14.0. The van der Waals surface area contributed by atoms with E-state index in [4.69, 9.17) is 0 Å². The summed E-state index contributed by atoms with van der Waals surface area (Å²) in [4.78, 5) is 38.6. The molecule has 1 atom stereocenters. The number of nitrogens with zero attached hydrogens (tertiary/aromatic N) is 1. The molecule has 2 N–H and O–H groups in total. The summed E-state index contributed by atoms with van der Waals surface area (Å²) < 4.78 is 0. The van der Waals surface area contributed by atoms with E-state index in [1.165, 1.54) is 6.92 Å². The molecule has 0 radical (unpaired) electrons. The minimum atomic E-state index is -0.347. The van der Waals surface area contributed by atoms with Crippen LogP contribution in [0.25, 0.3) is 0 Å². The molecule has 0 bridgehead atoms. The summed E-state index contributed by atoms with van der Waals surface area (Å²) in [5.74, 6) is -0.263. The van der Waals surface area contributed by atoms with Crippen LogP contribution in [0, 0.1) is 5.92 Å². The van der Waals surface area contributed by atoms with Gasteiger partial charge < -0.3 is 15.5 Å². The number of anilines is 1. The van der Waals surface area contributed by atoms with Crippen LogP contribution in [0.3, 0.4) is 0 Å². The monoisotopic (exact) mass is 393 g/mol. The summed E-state index contributed by atoms with van der Waals surface area (Å²) in [6.45, 7) is 2.55. The van der Waals surface area contributed by atoms with Crippen molar-refractivity contribution in [3.05, 3.63) is 66.2 Å². The standard InChI is InChI=1S/C23H27N3O3/c1-17(27)24-21(18-8-4-2-5-9-18)16-22(28)26-14-12-19(13-15-26)23(29)25-20-10-6-3-7-11-20/h2-11,19,21H,12-16H2,1H3,(H,24,27)(H,25,29)/t21-/m0/s1. The molecule has 29 heavy (non-hydrogen) atoms. The quantitative estimate of drug-likeness (QED) is 0.791. The Bertz CT molecular complexity index is 831. The van der Waals surface area contributed by atoms with Crippen molar-refractivity contribution >= 4 is 23.4 Å². The van der Waals surface area contributed by atoms with Crippen LogP contribution in [-0.2, 0) is 14.4 Å². The fourth-order valence-electron chi connectivity index (χ4n) is 3.64. The maximum Gasteiger partial charge on any atom is 0.227 e. The van der Waals surface area contributed by atoms with Crippen molar-refractivity contribution < 1.29 is 14.4 Å². The number of nitrogens with one attached hydrogen (secondary N) is 2. The summed E-state index contributed by atoms with van der Waals surface area (Å²) in [5.41, 5.74) is 1.70. The van der Waals surface area contributed by atoms with Gasteiger partial charge in [0.05, 0.1) is 12.5 Å². The van der Waals surface area contributed by atoms with Gasteiger partial charge in [0.15, 0.2) is 0 Å². The van der Waals surface area contributed by atoms with Gasteiger partial charge in [0, 0.05) is 31.6 Å². The topological polar surface area (TPSA) is 78.5 Å². The zero-order valence-electron chi connectivity index (χ0n) is 16.6. The van der Waals surface area contributed by atoms with Crippen molar-refractivity contribution in [3.63, 3.8) is 0 Å². The van der Waals surface area contributed by atoms with Gasteiger partial charge in [0.25, 0.3) is 0 Å². The van der Waals surface area contributed by atoms with E-state index in [0.717, 1.165) is 11.3 Å². The average molecular weight is 393 g/mol. The van der Waals surface area contributed by atoms with Crippen LogP contribution in [0.15, 0.2) is 60.7 Å². The average Bonchev–Trinajstić information content (AvgIpc) is 2.74. The van der Waals surface area contributed by atoms with Crippen LogP contribution in [0.4, 0.5) is 5.69 Å². The number of rotatable bonds is 6. The third-order valence-corrected chi connectivity index (χ3v) is 5.22. The highest BCUT2D eigenvalue weighted by molar-refractivity contribution is 5.92. The van der Waals surface area contributed by atoms with Crippen molar-refractivity contribution in [2.24, 2.45) is 5.92 Å². The molecule has 6 heteroatoms. The molecule has 0 aromatic heterocycles. The fraction of sp³-hybridized carbons (Fsp3) is 0.348. The maximum atomic E-state index is 12.8. The summed E-state index contributed by atoms with van der Waals surface area (Å²) in [6, 6.07) is 18.6. The van der Waals surface area contributed by atoms with Crippen LogP contribution in [0.5, 0.6) is 0 Å². The highest BCUT2D eigenvalue weighted by Gasteiger charge is 2.29. The van der Waals surface area contributed by atoms with Gasteiger partial charge in [-0.3, -0.25) is 14.4 Å². The van der Waals surface area contributed by atoms with E-state index in [9.17, 15) is 14.4 Å². The van der Waals surface area contributed by atoms with Crippen molar-refractivity contribution in [3.8, 4) is 0 Å². The Morgan fingerprint density at radius 3 is 2.14 bits per heavy atom. The van der Waals surface area contributed by atoms with E-state index in [2.05, 4.69) is 10.6 Å². The number of para-hydroxylation sites is 1. The summed E-state index contributed by atoms with van der Waals surface area (Å²) in [5, 5.41) is 5.81. The molecule has 0 unspecified atom stereocenters. The Hall–Kier alpha value is -3.15. The minimum absolute atomic E-state index is 0.00343. The largest absolute Gasteiger partial charge is 0.349 e. The van der Waals surface area contributed by atoms with Crippen molar-refractivity contribution in [2.45, 2.75) is 32.2 Å². The zero-order valence-corrected chi connectivity index (χ0v) is 16.6. The number of carbonyl (C=O) groups is 3. The maximum absolute atomic E-state index is 12.8. The molecule has 1 aliphatic rings. The second kappa shape index (κ2) is 9.87. The van der Waals surface area contributed by atoms with Crippen LogP contribution in [-0.4, -0.2) is 35.7 Å². The van der Waals surface area contributed by atoms with Gasteiger partial charge in [-0.2, -0.15) is 0 Å². The third-order valence-electron chi connectivity index (χ3n) is 5.22. The highest BCUT2D eigenvalue weighted by atomic mass is 16.2. The lowest BCUT2D eigenvalue weighted by Crippen LogP contribution is -2.43. The molecule has 1 saturated heterocycles. The van der Waals surface area contributed by atoms with Gasteiger partial charge in [0.2, 0.25) is 17.7 Å². The van der Waals surface area contributed by atoms with E-state index >= 15 is 0 Å². The van der Waals surface area contributed by atoms with E-state index in [1.54, 1.807) is 4.90 Å². The molecule has 3 rings (SSSR count). The predicted octanol–water partition coefficient (Wildman–Crippen LogP) is 3.13. The number of carbonyl (C=O) groups excluding carboxylic acids is 3. The first kappa shape index (κ1) is 20.6. The molecule has 0 saturated carbocycles. The number of piperidine rings is 1. The Labute approximate surface area is 171 Å². The molecule has 6 nitrogen and oxygen atoms in total. The van der Waals surface area contributed by atoms with E-state index in [1.807, 2.05) is 60.7 Å². The molecule has 1 fully saturated rings. The first-order valence-corrected chi connectivity index (χ1v) is 9.98.